The zero-order chi connectivity index (χ0) is 12.2. The molecule has 0 spiro atoms. The van der Waals surface area contributed by atoms with Gasteiger partial charge in [0.1, 0.15) is 23.4 Å². The lowest BCUT2D eigenvalue weighted by molar-refractivity contribution is 0.0526. The molecule has 7 heteroatoms. The molecule has 0 aliphatic carbocycles. The van der Waals surface area contributed by atoms with Crippen molar-refractivity contribution in [1.29, 1.82) is 0 Å². The predicted molar refractivity (Wildman–Crippen MR) is 54.8 cm³/mol. The molecule has 1 atom stereocenters. The largest absolute Gasteiger partial charge is 0.489 e. The fourth-order valence-corrected chi connectivity index (χ4v) is 1.65. The first kappa shape index (κ1) is 12.9. The number of benzene rings is 1. The van der Waals surface area contributed by atoms with Crippen molar-refractivity contribution >= 4 is 10.1 Å². The second kappa shape index (κ2) is 5.26. The first-order chi connectivity index (χ1) is 7.45. The van der Waals surface area contributed by atoms with E-state index in [0.717, 1.165) is 0 Å². The van der Waals surface area contributed by atoms with Crippen LogP contribution >= 0.6 is 0 Å². The van der Waals surface area contributed by atoms with Crippen LogP contribution < -0.4 is 4.74 Å². The van der Waals surface area contributed by atoms with E-state index in [-0.39, 0.29) is 17.3 Å². The summed E-state index contributed by atoms with van der Waals surface area (Å²) in [6, 6.07) is 5.47. The number of rotatable bonds is 5. The Balaban J connectivity index is 2.88. The Bertz CT molecular complexity index is 441. The van der Waals surface area contributed by atoms with Gasteiger partial charge in [0.05, 0.1) is 6.61 Å². The maximum absolute atomic E-state index is 10.9. The molecule has 3 N–H and O–H groups in total. The fraction of sp³-hybridized carbons (Fsp3) is 0.333. The number of aliphatic hydroxyl groups is 2. The van der Waals surface area contributed by atoms with Gasteiger partial charge in [0.15, 0.2) is 0 Å². The minimum Gasteiger partial charge on any atom is -0.489 e. The maximum atomic E-state index is 10.9. The molecule has 1 aromatic carbocycles. The number of hydrogen-bond donors (Lipinski definition) is 3. The van der Waals surface area contributed by atoms with Crippen LogP contribution in [0.5, 0.6) is 5.75 Å². The third-order valence-electron chi connectivity index (χ3n) is 1.77. The molecule has 90 valence electrons. The van der Waals surface area contributed by atoms with Crippen molar-refractivity contribution < 1.29 is 27.9 Å². The Morgan fingerprint density at radius 3 is 2.50 bits per heavy atom. The highest BCUT2D eigenvalue weighted by Gasteiger charge is 2.16. The average Bonchev–Trinajstić information content (AvgIpc) is 2.25. The number of ether oxygens (including phenoxy) is 1. The van der Waals surface area contributed by atoms with Crippen molar-refractivity contribution in [3.63, 3.8) is 0 Å². The minimum atomic E-state index is -4.36. The van der Waals surface area contributed by atoms with Gasteiger partial charge < -0.3 is 14.9 Å². The second-order valence-corrected chi connectivity index (χ2v) is 4.46. The van der Waals surface area contributed by atoms with Crippen molar-refractivity contribution in [3.05, 3.63) is 24.3 Å². The molecule has 0 heterocycles. The van der Waals surface area contributed by atoms with E-state index < -0.39 is 22.8 Å². The normalized spacial score (nSPS) is 13.4. The van der Waals surface area contributed by atoms with E-state index in [9.17, 15) is 8.42 Å². The summed E-state index contributed by atoms with van der Waals surface area (Å²) in [6.45, 7) is -0.753. The summed E-state index contributed by atoms with van der Waals surface area (Å²) in [6.07, 6.45) is -1.10. The second-order valence-electron chi connectivity index (χ2n) is 3.07. The van der Waals surface area contributed by atoms with Gasteiger partial charge in [-0.2, -0.15) is 8.42 Å². The molecule has 1 unspecified atom stereocenters. The Hall–Kier alpha value is -1.15. The standard InChI is InChI=1S/C9H12O6S/c10-5-7(11)6-15-8-3-1-2-4-9(8)16(12,13)14/h1-4,7,10-11H,5-6H2,(H,12,13,14). The summed E-state index contributed by atoms with van der Waals surface area (Å²) in [5.74, 6) is -0.0718. The van der Waals surface area contributed by atoms with Crippen LogP contribution in [0.2, 0.25) is 0 Å². The molecule has 16 heavy (non-hydrogen) atoms. The van der Waals surface area contributed by atoms with Gasteiger partial charge in [0.2, 0.25) is 0 Å². The SMILES string of the molecule is O=S(=O)(O)c1ccccc1OCC(O)CO. The van der Waals surface area contributed by atoms with Crippen LogP contribution in [0.15, 0.2) is 29.2 Å². The van der Waals surface area contributed by atoms with Crippen LogP contribution in [0.1, 0.15) is 0 Å². The third kappa shape index (κ3) is 3.46. The smallest absolute Gasteiger partial charge is 0.298 e. The molecule has 0 radical (unpaired) electrons. The van der Waals surface area contributed by atoms with Gasteiger partial charge in [-0.25, -0.2) is 0 Å². The molecule has 0 fully saturated rings. The highest BCUT2D eigenvalue weighted by molar-refractivity contribution is 7.86. The van der Waals surface area contributed by atoms with E-state index in [2.05, 4.69) is 0 Å². The summed E-state index contributed by atoms with van der Waals surface area (Å²) in [5, 5.41) is 17.6. The fourth-order valence-electron chi connectivity index (χ4n) is 1.02. The summed E-state index contributed by atoms with van der Waals surface area (Å²) in [7, 11) is -4.36. The molecule has 1 rings (SSSR count). The lowest BCUT2D eigenvalue weighted by Gasteiger charge is -2.11. The van der Waals surface area contributed by atoms with Gasteiger partial charge in [-0.1, -0.05) is 12.1 Å². The number of aliphatic hydroxyl groups excluding tert-OH is 2. The van der Waals surface area contributed by atoms with E-state index in [0.29, 0.717) is 0 Å². The van der Waals surface area contributed by atoms with Crippen molar-refractivity contribution in [2.75, 3.05) is 13.2 Å². The lowest BCUT2D eigenvalue weighted by atomic mass is 10.3. The van der Waals surface area contributed by atoms with E-state index >= 15 is 0 Å². The maximum Gasteiger partial charge on any atom is 0.298 e. The van der Waals surface area contributed by atoms with Gasteiger partial charge in [-0.15, -0.1) is 0 Å². The molecule has 0 bridgehead atoms. The van der Waals surface area contributed by atoms with Gasteiger partial charge in [-0.3, -0.25) is 4.55 Å². The molecule has 6 nitrogen and oxygen atoms in total. The Morgan fingerprint density at radius 1 is 1.31 bits per heavy atom. The molecule has 0 saturated heterocycles. The Labute approximate surface area is 92.9 Å². The Kier molecular flexibility index (Phi) is 4.25. The van der Waals surface area contributed by atoms with Crippen LogP contribution in [0.3, 0.4) is 0 Å². The number of para-hydroxylation sites is 1. The third-order valence-corrected chi connectivity index (χ3v) is 2.66. The molecule has 0 amide bonds. The average molecular weight is 248 g/mol. The molecule has 0 saturated carbocycles. The quantitative estimate of drug-likeness (QED) is 0.616. The summed E-state index contributed by atoms with van der Waals surface area (Å²) in [4.78, 5) is -0.375. The van der Waals surface area contributed by atoms with Crippen LogP contribution in [0.4, 0.5) is 0 Å². The van der Waals surface area contributed by atoms with Gasteiger partial charge in [0.25, 0.3) is 10.1 Å². The Morgan fingerprint density at radius 2 is 1.94 bits per heavy atom. The zero-order valence-electron chi connectivity index (χ0n) is 8.28. The van der Waals surface area contributed by atoms with Crippen molar-refractivity contribution in [2.45, 2.75) is 11.0 Å². The molecule has 1 aromatic rings. The highest BCUT2D eigenvalue weighted by atomic mass is 32.2. The van der Waals surface area contributed by atoms with Crippen LogP contribution in [0, 0.1) is 0 Å². The van der Waals surface area contributed by atoms with Crippen molar-refractivity contribution in [2.24, 2.45) is 0 Å². The van der Waals surface area contributed by atoms with Gasteiger partial charge >= 0.3 is 0 Å². The minimum absolute atomic E-state index is 0.0718. The monoisotopic (exact) mass is 248 g/mol. The van der Waals surface area contributed by atoms with E-state index in [4.69, 9.17) is 19.5 Å². The molecule has 0 aliphatic heterocycles. The van der Waals surface area contributed by atoms with Crippen molar-refractivity contribution in [3.8, 4) is 5.75 Å². The topological polar surface area (TPSA) is 104 Å². The van der Waals surface area contributed by atoms with Gasteiger partial charge in [0, 0.05) is 0 Å². The van der Waals surface area contributed by atoms with E-state index in [1.54, 1.807) is 0 Å². The van der Waals surface area contributed by atoms with Crippen LogP contribution in [0.25, 0.3) is 0 Å². The van der Waals surface area contributed by atoms with Gasteiger partial charge in [-0.05, 0) is 12.1 Å². The summed E-state index contributed by atoms with van der Waals surface area (Å²) >= 11 is 0. The van der Waals surface area contributed by atoms with Crippen molar-refractivity contribution in [1.82, 2.24) is 0 Å². The predicted octanol–water partition coefficient (Wildman–Crippen LogP) is -0.335. The summed E-state index contributed by atoms with van der Waals surface area (Å²) < 4.78 is 35.7. The molecular weight excluding hydrogens is 236 g/mol. The number of hydrogen-bond acceptors (Lipinski definition) is 5. The molecule has 0 aromatic heterocycles. The van der Waals surface area contributed by atoms with Crippen LogP contribution in [-0.2, 0) is 10.1 Å². The lowest BCUT2D eigenvalue weighted by Crippen LogP contribution is -2.21. The first-order valence-electron chi connectivity index (χ1n) is 4.43. The van der Waals surface area contributed by atoms with E-state index in [1.807, 2.05) is 0 Å². The molecular formula is C9H12O6S. The molecule has 0 aliphatic rings. The van der Waals surface area contributed by atoms with E-state index in [1.165, 1.54) is 24.3 Å². The first-order valence-corrected chi connectivity index (χ1v) is 5.87. The van der Waals surface area contributed by atoms with Crippen LogP contribution in [-0.4, -0.2) is 42.5 Å². The summed E-state index contributed by atoms with van der Waals surface area (Å²) in [5.41, 5.74) is 0. The highest BCUT2D eigenvalue weighted by Crippen LogP contribution is 2.22. The zero-order valence-corrected chi connectivity index (χ0v) is 9.09.